The van der Waals surface area contributed by atoms with Crippen molar-refractivity contribution in [3.05, 3.63) is 42.0 Å². The van der Waals surface area contributed by atoms with Crippen LogP contribution in [-0.4, -0.2) is 5.11 Å². The van der Waals surface area contributed by atoms with Gasteiger partial charge in [-0.3, -0.25) is 0 Å². The quantitative estimate of drug-likeness (QED) is 0.549. The molecule has 0 spiro atoms. The second-order valence-electron chi connectivity index (χ2n) is 3.31. The summed E-state index contributed by atoms with van der Waals surface area (Å²) < 4.78 is 0. The second-order valence-corrected chi connectivity index (χ2v) is 3.31. The second kappa shape index (κ2) is 4.10. The SMILES string of the molecule is C=C(C)CC(O)c1ccccc1N. The van der Waals surface area contributed by atoms with Gasteiger partial charge in [-0.15, -0.1) is 6.58 Å². The van der Waals surface area contributed by atoms with Crippen LogP contribution in [0.5, 0.6) is 0 Å². The largest absolute Gasteiger partial charge is 0.398 e. The number of rotatable bonds is 3. The van der Waals surface area contributed by atoms with E-state index in [0.717, 1.165) is 11.1 Å². The molecule has 3 N–H and O–H groups in total. The lowest BCUT2D eigenvalue weighted by molar-refractivity contribution is 0.179. The number of para-hydroxylation sites is 1. The maximum absolute atomic E-state index is 9.73. The van der Waals surface area contributed by atoms with E-state index >= 15 is 0 Å². The van der Waals surface area contributed by atoms with Gasteiger partial charge in [-0.1, -0.05) is 23.8 Å². The van der Waals surface area contributed by atoms with Crippen LogP contribution in [0.3, 0.4) is 0 Å². The molecule has 0 aliphatic carbocycles. The van der Waals surface area contributed by atoms with Crippen LogP contribution >= 0.6 is 0 Å². The van der Waals surface area contributed by atoms with Crippen LogP contribution in [0.1, 0.15) is 25.0 Å². The molecule has 0 bridgehead atoms. The highest BCUT2D eigenvalue weighted by molar-refractivity contribution is 5.47. The number of nitrogens with two attached hydrogens (primary N) is 1. The van der Waals surface area contributed by atoms with Gasteiger partial charge in [0.05, 0.1) is 6.10 Å². The standard InChI is InChI=1S/C11H15NO/c1-8(2)7-11(13)9-5-3-4-6-10(9)12/h3-6,11,13H,1,7,12H2,2H3. The number of benzene rings is 1. The van der Waals surface area contributed by atoms with Gasteiger partial charge in [0.2, 0.25) is 0 Å². The fourth-order valence-corrected chi connectivity index (χ4v) is 1.25. The van der Waals surface area contributed by atoms with E-state index in [2.05, 4.69) is 6.58 Å². The monoisotopic (exact) mass is 177 g/mol. The molecule has 0 aliphatic rings. The molecular weight excluding hydrogens is 162 g/mol. The van der Waals surface area contributed by atoms with Crippen LogP contribution in [-0.2, 0) is 0 Å². The van der Waals surface area contributed by atoms with E-state index in [4.69, 9.17) is 5.73 Å². The van der Waals surface area contributed by atoms with E-state index in [1.807, 2.05) is 25.1 Å². The zero-order chi connectivity index (χ0) is 9.84. The molecule has 1 rings (SSSR count). The molecule has 1 aromatic carbocycles. The number of aliphatic hydroxyl groups excluding tert-OH is 1. The normalized spacial score (nSPS) is 12.5. The summed E-state index contributed by atoms with van der Waals surface area (Å²) in [7, 11) is 0. The first-order chi connectivity index (χ1) is 6.11. The van der Waals surface area contributed by atoms with Crippen molar-refractivity contribution >= 4 is 5.69 Å². The summed E-state index contributed by atoms with van der Waals surface area (Å²) in [5.41, 5.74) is 8.08. The van der Waals surface area contributed by atoms with E-state index in [1.165, 1.54) is 0 Å². The number of hydrogen-bond acceptors (Lipinski definition) is 2. The van der Waals surface area contributed by atoms with Crippen molar-refractivity contribution in [2.75, 3.05) is 5.73 Å². The van der Waals surface area contributed by atoms with Crippen molar-refractivity contribution in [1.29, 1.82) is 0 Å². The molecule has 0 saturated carbocycles. The average Bonchev–Trinajstić information content (AvgIpc) is 2.03. The van der Waals surface area contributed by atoms with Gasteiger partial charge in [0.1, 0.15) is 0 Å². The minimum absolute atomic E-state index is 0.529. The van der Waals surface area contributed by atoms with Crippen LogP contribution in [0.2, 0.25) is 0 Å². The van der Waals surface area contributed by atoms with Gasteiger partial charge in [0.15, 0.2) is 0 Å². The van der Waals surface area contributed by atoms with Crippen LogP contribution in [0, 0.1) is 0 Å². The van der Waals surface area contributed by atoms with Crippen LogP contribution < -0.4 is 5.73 Å². The molecule has 0 aliphatic heterocycles. The topological polar surface area (TPSA) is 46.2 Å². The fraction of sp³-hybridized carbons (Fsp3) is 0.273. The first-order valence-electron chi connectivity index (χ1n) is 4.28. The zero-order valence-corrected chi connectivity index (χ0v) is 7.83. The Balaban J connectivity index is 2.82. The summed E-state index contributed by atoms with van der Waals surface area (Å²) in [6.07, 6.45) is 0.0347. The van der Waals surface area contributed by atoms with Gasteiger partial charge < -0.3 is 10.8 Å². The highest BCUT2D eigenvalue weighted by Crippen LogP contribution is 2.24. The number of aliphatic hydroxyl groups is 1. The molecule has 0 amide bonds. The third-order valence-electron chi connectivity index (χ3n) is 1.90. The Morgan fingerprint density at radius 3 is 2.69 bits per heavy atom. The molecule has 2 nitrogen and oxygen atoms in total. The Kier molecular flexibility index (Phi) is 3.09. The van der Waals surface area contributed by atoms with Gasteiger partial charge in [-0.25, -0.2) is 0 Å². The average molecular weight is 177 g/mol. The predicted molar refractivity (Wildman–Crippen MR) is 55.2 cm³/mol. The molecule has 13 heavy (non-hydrogen) atoms. The summed E-state index contributed by atoms with van der Waals surface area (Å²) in [6.45, 7) is 5.64. The van der Waals surface area contributed by atoms with Crippen molar-refractivity contribution in [3.8, 4) is 0 Å². The molecular formula is C11H15NO. The Bertz CT molecular complexity index is 307. The van der Waals surface area contributed by atoms with E-state index in [9.17, 15) is 5.11 Å². The summed E-state index contributed by atoms with van der Waals surface area (Å²) in [4.78, 5) is 0. The highest BCUT2D eigenvalue weighted by Gasteiger charge is 2.09. The third-order valence-corrected chi connectivity index (χ3v) is 1.90. The van der Waals surface area contributed by atoms with Crippen LogP contribution in [0.25, 0.3) is 0 Å². The third kappa shape index (κ3) is 2.60. The summed E-state index contributed by atoms with van der Waals surface area (Å²) >= 11 is 0. The van der Waals surface area contributed by atoms with Crippen molar-refractivity contribution in [2.24, 2.45) is 0 Å². The Morgan fingerprint density at radius 2 is 2.15 bits per heavy atom. The Labute approximate surface area is 78.7 Å². The maximum Gasteiger partial charge on any atom is 0.0846 e. The van der Waals surface area contributed by atoms with Gasteiger partial charge in [0, 0.05) is 11.3 Å². The number of hydrogen-bond donors (Lipinski definition) is 2. The Hall–Kier alpha value is -1.28. The minimum Gasteiger partial charge on any atom is -0.398 e. The Morgan fingerprint density at radius 1 is 1.54 bits per heavy atom. The summed E-state index contributed by atoms with van der Waals surface area (Å²) in [6, 6.07) is 7.35. The molecule has 0 saturated heterocycles. The molecule has 1 unspecified atom stereocenters. The van der Waals surface area contributed by atoms with Crippen LogP contribution in [0.4, 0.5) is 5.69 Å². The van der Waals surface area contributed by atoms with E-state index < -0.39 is 6.10 Å². The lowest BCUT2D eigenvalue weighted by Gasteiger charge is -2.12. The molecule has 1 atom stereocenters. The molecule has 0 fully saturated rings. The predicted octanol–water partition coefficient (Wildman–Crippen LogP) is 2.27. The van der Waals surface area contributed by atoms with Gasteiger partial charge in [-0.05, 0) is 19.4 Å². The minimum atomic E-state index is -0.529. The van der Waals surface area contributed by atoms with Gasteiger partial charge in [-0.2, -0.15) is 0 Å². The highest BCUT2D eigenvalue weighted by atomic mass is 16.3. The fourth-order valence-electron chi connectivity index (χ4n) is 1.25. The molecule has 70 valence electrons. The smallest absolute Gasteiger partial charge is 0.0846 e. The zero-order valence-electron chi connectivity index (χ0n) is 7.83. The van der Waals surface area contributed by atoms with Gasteiger partial charge in [0.25, 0.3) is 0 Å². The van der Waals surface area contributed by atoms with Crippen molar-refractivity contribution in [2.45, 2.75) is 19.4 Å². The van der Waals surface area contributed by atoms with E-state index in [-0.39, 0.29) is 0 Å². The molecule has 1 aromatic rings. The lowest BCUT2D eigenvalue weighted by atomic mass is 10.0. The van der Waals surface area contributed by atoms with Crippen molar-refractivity contribution < 1.29 is 5.11 Å². The first-order valence-corrected chi connectivity index (χ1v) is 4.28. The maximum atomic E-state index is 9.73. The van der Waals surface area contributed by atoms with E-state index in [1.54, 1.807) is 6.07 Å². The summed E-state index contributed by atoms with van der Waals surface area (Å²) in [5, 5.41) is 9.73. The van der Waals surface area contributed by atoms with E-state index in [0.29, 0.717) is 12.1 Å². The molecule has 0 heterocycles. The molecule has 0 aromatic heterocycles. The number of nitrogen functional groups attached to an aromatic ring is 1. The number of anilines is 1. The lowest BCUT2D eigenvalue weighted by Crippen LogP contribution is -2.01. The molecule has 2 heteroatoms. The van der Waals surface area contributed by atoms with Crippen molar-refractivity contribution in [3.63, 3.8) is 0 Å². The van der Waals surface area contributed by atoms with Crippen molar-refractivity contribution in [1.82, 2.24) is 0 Å². The van der Waals surface area contributed by atoms with Crippen LogP contribution in [0.15, 0.2) is 36.4 Å². The van der Waals surface area contributed by atoms with Gasteiger partial charge >= 0.3 is 0 Å². The summed E-state index contributed by atoms with van der Waals surface area (Å²) in [5.74, 6) is 0. The molecule has 0 radical (unpaired) electrons. The first kappa shape index (κ1) is 9.81.